The van der Waals surface area contributed by atoms with Crippen LogP contribution in [0.4, 0.5) is 5.88 Å². The molecule has 0 unspecified atom stereocenters. The topological polar surface area (TPSA) is 75.6 Å². The van der Waals surface area contributed by atoms with Crippen LogP contribution in [-0.4, -0.2) is 6.21 Å². The Kier molecular flexibility index (Phi) is 4.00. The van der Waals surface area contributed by atoms with Crippen molar-refractivity contribution < 1.29 is 13.3 Å². The summed E-state index contributed by atoms with van der Waals surface area (Å²) in [6.45, 7) is 2.02. The highest BCUT2D eigenvalue weighted by Gasteiger charge is 2.25. The van der Waals surface area contributed by atoms with Gasteiger partial charge in [-0.25, -0.2) is 4.99 Å². The lowest BCUT2D eigenvalue weighted by Gasteiger charge is -1.96. The highest BCUT2D eigenvalue weighted by atomic mass is 16.4. The summed E-state index contributed by atoms with van der Waals surface area (Å²) in [5.74, 6) is 1.65. The smallest absolute Gasteiger partial charge is 0.238 e. The average molecular weight is 342 g/mol. The molecule has 5 heteroatoms. The molecule has 4 aromatic rings. The van der Waals surface area contributed by atoms with E-state index in [9.17, 15) is 5.26 Å². The summed E-state index contributed by atoms with van der Waals surface area (Å²) in [6, 6.07) is 17.1. The number of benzene rings is 1. The zero-order valence-electron chi connectivity index (χ0n) is 14.0. The fourth-order valence-electron chi connectivity index (χ4n) is 2.64. The maximum atomic E-state index is 9.69. The van der Waals surface area contributed by atoms with Crippen LogP contribution in [0.15, 0.2) is 79.3 Å². The normalized spacial score (nSPS) is 11.1. The van der Waals surface area contributed by atoms with Gasteiger partial charge in [0, 0.05) is 6.21 Å². The minimum atomic E-state index is 0.214. The van der Waals surface area contributed by atoms with E-state index in [0.717, 1.165) is 11.1 Å². The monoisotopic (exact) mass is 342 g/mol. The molecule has 0 saturated carbocycles. The quantitative estimate of drug-likeness (QED) is 0.444. The molecule has 5 nitrogen and oxygen atoms in total. The Morgan fingerprint density at radius 2 is 1.65 bits per heavy atom. The third kappa shape index (κ3) is 2.85. The van der Waals surface area contributed by atoms with Crippen LogP contribution < -0.4 is 0 Å². The molecule has 0 saturated heterocycles. The molecule has 0 amide bonds. The highest BCUT2D eigenvalue weighted by molar-refractivity contribution is 5.87. The molecule has 0 aliphatic heterocycles. The maximum absolute atomic E-state index is 9.69. The summed E-state index contributed by atoms with van der Waals surface area (Å²) < 4.78 is 16.8. The van der Waals surface area contributed by atoms with Gasteiger partial charge in [-0.2, -0.15) is 5.26 Å². The molecule has 0 fully saturated rings. The van der Waals surface area contributed by atoms with Crippen molar-refractivity contribution >= 4 is 12.1 Å². The van der Waals surface area contributed by atoms with E-state index in [1.54, 1.807) is 43.0 Å². The van der Waals surface area contributed by atoms with Gasteiger partial charge in [-0.05, 0) is 36.8 Å². The van der Waals surface area contributed by atoms with E-state index in [-0.39, 0.29) is 5.88 Å². The van der Waals surface area contributed by atoms with Crippen LogP contribution in [0.1, 0.15) is 16.7 Å². The van der Waals surface area contributed by atoms with Gasteiger partial charge in [-0.1, -0.05) is 29.8 Å². The Morgan fingerprint density at radius 1 is 0.962 bits per heavy atom. The van der Waals surface area contributed by atoms with E-state index in [4.69, 9.17) is 13.3 Å². The van der Waals surface area contributed by atoms with Crippen LogP contribution in [0.5, 0.6) is 0 Å². The zero-order valence-corrected chi connectivity index (χ0v) is 14.0. The summed E-state index contributed by atoms with van der Waals surface area (Å²) >= 11 is 0. The Balaban J connectivity index is 1.84. The molecule has 3 heterocycles. The van der Waals surface area contributed by atoms with Crippen LogP contribution in [-0.2, 0) is 0 Å². The van der Waals surface area contributed by atoms with E-state index >= 15 is 0 Å². The van der Waals surface area contributed by atoms with Crippen LogP contribution >= 0.6 is 0 Å². The van der Waals surface area contributed by atoms with Gasteiger partial charge in [0.25, 0.3) is 0 Å². The number of rotatable bonds is 4. The van der Waals surface area contributed by atoms with Crippen molar-refractivity contribution in [3.63, 3.8) is 0 Å². The number of aliphatic imine (C=N–C) groups is 1. The van der Waals surface area contributed by atoms with E-state index < -0.39 is 0 Å². The standard InChI is InChI=1S/C21H14N2O3/c1-14-6-8-15(9-7-14)13-23-21-16(12-22)19(17-4-2-10-24-17)20(26-21)18-5-3-11-25-18/h2-11,13H,1H3. The molecule has 0 bridgehead atoms. The van der Waals surface area contributed by atoms with Gasteiger partial charge in [-0.15, -0.1) is 0 Å². The van der Waals surface area contributed by atoms with Gasteiger partial charge in [0.05, 0.1) is 18.1 Å². The van der Waals surface area contributed by atoms with Crippen molar-refractivity contribution in [1.29, 1.82) is 5.26 Å². The molecular weight excluding hydrogens is 328 g/mol. The zero-order chi connectivity index (χ0) is 17.9. The Bertz CT molecular complexity index is 1080. The Labute approximate surface area is 149 Å². The Hall–Kier alpha value is -3.78. The largest absolute Gasteiger partial charge is 0.464 e. The van der Waals surface area contributed by atoms with Crippen molar-refractivity contribution in [2.75, 3.05) is 0 Å². The molecular formula is C21H14N2O3. The van der Waals surface area contributed by atoms with Gasteiger partial charge in [0.15, 0.2) is 11.5 Å². The van der Waals surface area contributed by atoms with Crippen LogP contribution in [0.2, 0.25) is 0 Å². The first-order chi connectivity index (χ1) is 12.8. The number of nitriles is 1. The summed E-state index contributed by atoms with van der Waals surface area (Å²) in [7, 11) is 0. The molecule has 0 N–H and O–H groups in total. The summed E-state index contributed by atoms with van der Waals surface area (Å²) in [5.41, 5.74) is 2.91. The van der Waals surface area contributed by atoms with E-state index in [1.807, 2.05) is 31.2 Å². The van der Waals surface area contributed by atoms with Crippen LogP contribution in [0, 0.1) is 18.3 Å². The number of nitrogens with zero attached hydrogens (tertiary/aromatic N) is 2. The third-order valence-electron chi connectivity index (χ3n) is 3.92. The second-order valence-corrected chi connectivity index (χ2v) is 5.72. The average Bonchev–Trinajstić information content (AvgIpc) is 3.40. The third-order valence-corrected chi connectivity index (χ3v) is 3.92. The van der Waals surface area contributed by atoms with E-state index in [1.165, 1.54) is 0 Å². The number of furan rings is 3. The SMILES string of the molecule is Cc1ccc(C=Nc2oc(-c3ccco3)c(-c3ccco3)c2C#N)cc1. The molecule has 126 valence electrons. The predicted molar refractivity (Wildman–Crippen MR) is 97.3 cm³/mol. The van der Waals surface area contributed by atoms with Gasteiger partial charge in [-0.3, -0.25) is 0 Å². The van der Waals surface area contributed by atoms with Crippen LogP contribution in [0.3, 0.4) is 0 Å². The van der Waals surface area contributed by atoms with Gasteiger partial charge < -0.3 is 13.3 Å². The lowest BCUT2D eigenvalue weighted by atomic mass is 10.1. The van der Waals surface area contributed by atoms with Crippen molar-refractivity contribution in [2.24, 2.45) is 4.99 Å². The molecule has 0 spiro atoms. The summed E-state index contributed by atoms with van der Waals surface area (Å²) in [5, 5.41) is 9.69. The molecule has 0 radical (unpaired) electrons. The van der Waals surface area contributed by atoms with E-state index in [2.05, 4.69) is 11.1 Å². The minimum absolute atomic E-state index is 0.214. The van der Waals surface area contributed by atoms with Crippen LogP contribution in [0.25, 0.3) is 22.8 Å². The van der Waals surface area contributed by atoms with Crippen molar-refractivity contribution in [3.05, 3.63) is 77.7 Å². The number of aryl methyl sites for hydroxylation is 1. The second kappa shape index (κ2) is 6.61. The first-order valence-electron chi connectivity index (χ1n) is 8.01. The molecule has 0 atom stereocenters. The van der Waals surface area contributed by atoms with Crippen molar-refractivity contribution in [1.82, 2.24) is 0 Å². The van der Waals surface area contributed by atoms with Gasteiger partial charge >= 0.3 is 0 Å². The van der Waals surface area contributed by atoms with Crippen molar-refractivity contribution in [3.8, 4) is 28.9 Å². The first-order valence-corrected chi connectivity index (χ1v) is 8.01. The van der Waals surface area contributed by atoms with Gasteiger partial charge in [0.2, 0.25) is 5.88 Å². The molecule has 3 aromatic heterocycles. The number of hydrogen-bond donors (Lipinski definition) is 0. The maximum Gasteiger partial charge on any atom is 0.238 e. The molecule has 0 aliphatic rings. The van der Waals surface area contributed by atoms with E-state index in [0.29, 0.717) is 28.4 Å². The number of hydrogen-bond acceptors (Lipinski definition) is 5. The fourth-order valence-corrected chi connectivity index (χ4v) is 2.64. The first kappa shape index (κ1) is 15.7. The van der Waals surface area contributed by atoms with Gasteiger partial charge in [0.1, 0.15) is 17.4 Å². The predicted octanol–water partition coefficient (Wildman–Crippen LogP) is 5.73. The lowest BCUT2D eigenvalue weighted by Crippen LogP contribution is -1.81. The fraction of sp³-hybridized carbons (Fsp3) is 0.0476. The minimum Gasteiger partial charge on any atom is -0.464 e. The highest BCUT2D eigenvalue weighted by Crippen LogP contribution is 2.42. The molecule has 1 aromatic carbocycles. The Morgan fingerprint density at radius 3 is 2.27 bits per heavy atom. The lowest BCUT2D eigenvalue weighted by molar-refractivity contribution is 0.527. The summed E-state index contributed by atoms with van der Waals surface area (Å²) in [6.07, 6.45) is 4.76. The van der Waals surface area contributed by atoms with Crippen molar-refractivity contribution in [2.45, 2.75) is 6.92 Å². The second-order valence-electron chi connectivity index (χ2n) is 5.72. The molecule has 4 rings (SSSR count). The molecule has 26 heavy (non-hydrogen) atoms. The summed E-state index contributed by atoms with van der Waals surface area (Å²) in [4.78, 5) is 4.38. The molecule has 0 aliphatic carbocycles.